The third-order valence-electron chi connectivity index (χ3n) is 3.92. The van der Waals surface area contributed by atoms with Gasteiger partial charge in [-0.1, -0.05) is 13.8 Å². The summed E-state index contributed by atoms with van der Waals surface area (Å²) in [6, 6.07) is 0.552. The van der Waals surface area contributed by atoms with E-state index in [1.165, 1.54) is 12.8 Å². The monoisotopic (exact) mass is 244 g/mol. The second-order valence-corrected chi connectivity index (χ2v) is 5.38. The van der Waals surface area contributed by atoms with Gasteiger partial charge >= 0.3 is 0 Å². The molecule has 0 radical (unpaired) electrons. The molecule has 3 nitrogen and oxygen atoms in total. The normalized spacial score (nSPS) is 12.7. The molecule has 104 valence electrons. The fraction of sp³-hybridized carbons (Fsp3) is 1.00. The van der Waals surface area contributed by atoms with Crippen LogP contribution in [0.25, 0.3) is 0 Å². The van der Waals surface area contributed by atoms with Crippen molar-refractivity contribution < 1.29 is 5.11 Å². The zero-order valence-electron chi connectivity index (χ0n) is 12.4. The molecule has 0 fully saturated rings. The molecule has 0 aliphatic heterocycles. The Hall–Kier alpha value is -0.120. The lowest BCUT2D eigenvalue weighted by Crippen LogP contribution is -2.45. The van der Waals surface area contributed by atoms with Gasteiger partial charge in [-0.15, -0.1) is 0 Å². The first kappa shape index (κ1) is 16.9. The fourth-order valence-electron chi connectivity index (χ4n) is 2.38. The molecule has 0 bridgehead atoms. The van der Waals surface area contributed by atoms with Crippen molar-refractivity contribution in [1.29, 1.82) is 0 Å². The van der Waals surface area contributed by atoms with Crippen LogP contribution < -0.4 is 5.32 Å². The van der Waals surface area contributed by atoms with Crippen molar-refractivity contribution in [3.63, 3.8) is 0 Å². The van der Waals surface area contributed by atoms with Crippen LogP contribution in [0.15, 0.2) is 0 Å². The first-order chi connectivity index (χ1) is 8.05. The second kappa shape index (κ2) is 8.90. The zero-order valence-corrected chi connectivity index (χ0v) is 12.4. The number of hydrogen-bond acceptors (Lipinski definition) is 3. The summed E-state index contributed by atoms with van der Waals surface area (Å²) in [6.45, 7) is 12.5. The topological polar surface area (TPSA) is 35.5 Å². The van der Waals surface area contributed by atoms with E-state index < -0.39 is 0 Å². The minimum absolute atomic E-state index is 0.292. The van der Waals surface area contributed by atoms with Crippen LogP contribution in [0.4, 0.5) is 0 Å². The summed E-state index contributed by atoms with van der Waals surface area (Å²) in [5.74, 6) is 0. The van der Waals surface area contributed by atoms with Crippen LogP contribution in [0.1, 0.15) is 47.0 Å². The van der Waals surface area contributed by atoms with Crippen molar-refractivity contribution in [2.45, 2.75) is 53.0 Å². The number of aliphatic hydroxyl groups is 1. The van der Waals surface area contributed by atoms with Gasteiger partial charge in [0, 0.05) is 32.3 Å². The standard InChI is InChI=1S/C14H32N2O/c1-6-14(7-2,11-15-5)12-16(13(3)4)9-8-10-17/h13,15,17H,6-12H2,1-5H3. The molecule has 0 aliphatic carbocycles. The van der Waals surface area contributed by atoms with Crippen LogP contribution in [0, 0.1) is 5.41 Å². The first-order valence-corrected chi connectivity index (χ1v) is 7.04. The molecule has 0 spiro atoms. The summed E-state index contributed by atoms with van der Waals surface area (Å²) < 4.78 is 0. The van der Waals surface area contributed by atoms with Crippen molar-refractivity contribution in [3.8, 4) is 0 Å². The largest absolute Gasteiger partial charge is 0.396 e. The zero-order chi connectivity index (χ0) is 13.3. The predicted octanol–water partition coefficient (Wildman–Crippen LogP) is 2.10. The summed E-state index contributed by atoms with van der Waals surface area (Å²) in [6.07, 6.45) is 3.28. The van der Waals surface area contributed by atoms with Crippen molar-refractivity contribution in [2.75, 3.05) is 33.3 Å². The van der Waals surface area contributed by atoms with Gasteiger partial charge in [0.2, 0.25) is 0 Å². The lowest BCUT2D eigenvalue weighted by molar-refractivity contribution is 0.104. The average Bonchev–Trinajstić information content (AvgIpc) is 2.33. The number of nitrogens with zero attached hydrogens (tertiary/aromatic N) is 1. The van der Waals surface area contributed by atoms with E-state index in [4.69, 9.17) is 5.11 Å². The van der Waals surface area contributed by atoms with Gasteiger partial charge in [-0.3, -0.25) is 0 Å². The van der Waals surface area contributed by atoms with Gasteiger partial charge in [0.05, 0.1) is 0 Å². The van der Waals surface area contributed by atoms with E-state index in [1.54, 1.807) is 0 Å². The summed E-state index contributed by atoms with van der Waals surface area (Å²) in [5, 5.41) is 12.3. The molecule has 0 unspecified atom stereocenters. The van der Waals surface area contributed by atoms with E-state index in [-0.39, 0.29) is 0 Å². The van der Waals surface area contributed by atoms with Crippen LogP contribution >= 0.6 is 0 Å². The number of hydrogen-bond donors (Lipinski definition) is 2. The van der Waals surface area contributed by atoms with E-state index in [9.17, 15) is 0 Å². The van der Waals surface area contributed by atoms with Gasteiger partial charge in [-0.05, 0) is 45.6 Å². The highest BCUT2D eigenvalue weighted by Gasteiger charge is 2.28. The van der Waals surface area contributed by atoms with Gasteiger partial charge in [-0.25, -0.2) is 0 Å². The van der Waals surface area contributed by atoms with Gasteiger partial charge in [0.1, 0.15) is 0 Å². The molecule has 0 aliphatic rings. The highest BCUT2D eigenvalue weighted by atomic mass is 16.3. The number of nitrogens with one attached hydrogen (secondary N) is 1. The molecular formula is C14H32N2O. The summed E-state index contributed by atoms with van der Waals surface area (Å²) in [5.41, 5.74) is 0.370. The van der Waals surface area contributed by atoms with Crippen LogP contribution in [0.2, 0.25) is 0 Å². The third-order valence-corrected chi connectivity index (χ3v) is 3.92. The molecule has 0 aromatic heterocycles. The molecule has 0 heterocycles. The maximum Gasteiger partial charge on any atom is 0.0443 e. The maximum absolute atomic E-state index is 8.97. The summed E-state index contributed by atoms with van der Waals surface area (Å²) in [4.78, 5) is 2.50. The van der Waals surface area contributed by atoms with Gasteiger partial charge in [-0.2, -0.15) is 0 Å². The van der Waals surface area contributed by atoms with Crippen LogP contribution in [-0.4, -0.2) is 49.3 Å². The molecule has 0 aromatic rings. The average molecular weight is 244 g/mol. The summed E-state index contributed by atoms with van der Waals surface area (Å²) in [7, 11) is 2.04. The Kier molecular flexibility index (Phi) is 8.83. The Balaban J connectivity index is 4.54. The number of aliphatic hydroxyl groups excluding tert-OH is 1. The third kappa shape index (κ3) is 5.84. The fourth-order valence-corrected chi connectivity index (χ4v) is 2.38. The van der Waals surface area contributed by atoms with E-state index in [2.05, 4.69) is 37.9 Å². The minimum Gasteiger partial charge on any atom is -0.396 e. The van der Waals surface area contributed by atoms with Crippen LogP contribution in [-0.2, 0) is 0 Å². The van der Waals surface area contributed by atoms with E-state index in [1.807, 2.05) is 7.05 Å². The highest BCUT2D eigenvalue weighted by Crippen LogP contribution is 2.27. The SMILES string of the molecule is CCC(CC)(CNC)CN(CCCO)C(C)C. The number of rotatable bonds is 10. The van der Waals surface area contributed by atoms with Crippen molar-refractivity contribution >= 4 is 0 Å². The van der Waals surface area contributed by atoms with Crippen LogP contribution in [0.3, 0.4) is 0 Å². The van der Waals surface area contributed by atoms with Crippen molar-refractivity contribution in [3.05, 3.63) is 0 Å². The quantitative estimate of drug-likeness (QED) is 0.618. The Bertz CT molecular complexity index is 179. The molecule has 17 heavy (non-hydrogen) atoms. The lowest BCUT2D eigenvalue weighted by atomic mass is 9.81. The Morgan fingerprint density at radius 3 is 2.18 bits per heavy atom. The minimum atomic E-state index is 0.292. The molecule has 2 N–H and O–H groups in total. The lowest BCUT2D eigenvalue weighted by Gasteiger charge is -2.39. The van der Waals surface area contributed by atoms with Crippen LogP contribution in [0.5, 0.6) is 0 Å². The first-order valence-electron chi connectivity index (χ1n) is 7.04. The molecule has 0 saturated carbocycles. The second-order valence-electron chi connectivity index (χ2n) is 5.38. The van der Waals surface area contributed by atoms with E-state index in [0.29, 0.717) is 18.1 Å². The molecule has 3 heteroatoms. The van der Waals surface area contributed by atoms with Crippen molar-refractivity contribution in [2.24, 2.45) is 5.41 Å². The van der Waals surface area contributed by atoms with E-state index >= 15 is 0 Å². The smallest absolute Gasteiger partial charge is 0.0443 e. The van der Waals surface area contributed by atoms with Gasteiger partial charge in [0.15, 0.2) is 0 Å². The molecular weight excluding hydrogens is 212 g/mol. The Labute approximate surface area is 108 Å². The predicted molar refractivity (Wildman–Crippen MR) is 75.4 cm³/mol. The van der Waals surface area contributed by atoms with Gasteiger partial charge < -0.3 is 15.3 Å². The molecule has 0 atom stereocenters. The molecule has 0 saturated heterocycles. The molecule has 0 amide bonds. The van der Waals surface area contributed by atoms with E-state index in [0.717, 1.165) is 26.1 Å². The molecule has 0 aromatic carbocycles. The van der Waals surface area contributed by atoms with Crippen molar-refractivity contribution in [1.82, 2.24) is 10.2 Å². The Morgan fingerprint density at radius 1 is 1.24 bits per heavy atom. The summed E-state index contributed by atoms with van der Waals surface area (Å²) >= 11 is 0. The highest BCUT2D eigenvalue weighted by molar-refractivity contribution is 4.83. The van der Waals surface area contributed by atoms with Gasteiger partial charge in [0.25, 0.3) is 0 Å². The molecule has 0 rings (SSSR count). The Morgan fingerprint density at radius 2 is 1.82 bits per heavy atom. The maximum atomic E-state index is 8.97.